The number of halogens is 1. The number of imidazole rings is 1. The number of fused-ring (bicyclic) bond motifs is 2. The monoisotopic (exact) mass is 380 g/mol. The average Bonchev–Trinajstić information content (AvgIpc) is 3.24. The Morgan fingerprint density at radius 3 is 2.76 bits per heavy atom. The Kier molecular flexibility index (Phi) is 3.71. The Balaban J connectivity index is 1.89. The molecule has 0 saturated carbocycles. The number of nitrogens with zero attached hydrogens (tertiary/aromatic N) is 5. The van der Waals surface area contributed by atoms with Gasteiger partial charge in [-0.3, -0.25) is 9.38 Å². The number of hydrogen-bond donors (Lipinski definition) is 1. The smallest absolute Gasteiger partial charge is 0.180 e. The molecule has 0 fully saturated rings. The maximum atomic E-state index is 14.8. The second kappa shape index (κ2) is 6.39. The van der Waals surface area contributed by atoms with Crippen molar-refractivity contribution in [3.05, 3.63) is 78.5 Å². The lowest BCUT2D eigenvalue weighted by Gasteiger charge is -2.14. The summed E-state index contributed by atoms with van der Waals surface area (Å²) in [7, 11) is 0. The second-order valence-corrected chi connectivity index (χ2v) is 6.54. The molecule has 0 aliphatic heterocycles. The zero-order chi connectivity index (χ0) is 20.0. The van der Waals surface area contributed by atoms with Crippen LogP contribution in [-0.4, -0.2) is 19.4 Å². The molecule has 7 heteroatoms. The minimum Gasteiger partial charge on any atom is -0.381 e. The molecule has 2 N–H and O–H groups in total. The number of pyridine rings is 1. The van der Waals surface area contributed by atoms with Crippen LogP contribution < -0.4 is 5.73 Å². The Hall–Kier alpha value is -4.31. The summed E-state index contributed by atoms with van der Waals surface area (Å²) in [6.07, 6.45) is 4.93. The van der Waals surface area contributed by atoms with Crippen LogP contribution in [0.4, 0.5) is 10.2 Å². The largest absolute Gasteiger partial charge is 0.381 e. The topological polar surface area (TPSA) is 92.9 Å². The van der Waals surface area contributed by atoms with E-state index in [-0.39, 0.29) is 5.82 Å². The highest BCUT2D eigenvalue weighted by atomic mass is 19.1. The van der Waals surface area contributed by atoms with Crippen LogP contribution in [0.2, 0.25) is 0 Å². The normalized spacial score (nSPS) is 11.0. The maximum Gasteiger partial charge on any atom is 0.180 e. The van der Waals surface area contributed by atoms with E-state index in [1.54, 1.807) is 53.3 Å². The SMILES string of the molecule is N#Cc1cccc(-c2nc(N)c3nccn3c2-c2cc(F)c3ncccc3c2)c1. The highest BCUT2D eigenvalue weighted by Gasteiger charge is 2.19. The van der Waals surface area contributed by atoms with Gasteiger partial charge in [0.2, 0.25) is 0 Å². The van der Waals surface area contributed by atoms with Gasteiger partial charge < -0.3 is 5.73 Å². The predicted molar refractivity (Wildman–Crippen MR) is 108 cm³/mol. The molecular weight excluding hydrogens is 367 g/mol. The molecule has 0 atom stereocenters. The number of nitrogen functional groups attached to an aromatic ring is 1. The molecule has 6 nitrogen and oxygen atoms in total. The van der Waals surface area contributed by atoms with Crippen LogP contribution in [0.3, 0.4) is 0 Å². The van der Waals surface area contributed by atoms with Gasteiger partial charge >= 0.3 is 0 Å². The van der Waals surface area contributed by atoms with Crippen LogP contribution in [0.5, 0.6) is 0 Å². The van der Waals surface area contributed by atoms with Crippen molar-refractivity contribution >= 4 is 22.4 Å². The van der Waals surface area contributed by atoms with E-state index in [9.17, 15) is 9.65 Å². The van der Waals surface area contributed by atoms with Gasteiger partial charge in [0.15, 0.2) is 11.5 Å². The summed E-state index contributed by atoms with van der Waals surface area (Å²) in [5.74, 6) is -0.182. The molecule has 0 radical (unpaired) electrons. The minimum atomic E-state index is -0.431. The van der Waals surface area contributed by atoms with E-state index in [1.807, 2.05) is 12.1 Å². The van der Waals surface area contributed by atoms with Crippen molar-refractivity contribution in [3.8, 4) is 28.6 Å². The summed E-state index contributed by atoms with van der Waals surface area (Å²) >= 11 is 0. The highest BCUT2D eigenvalue weighted by Crippen LogP contribution is 2.35. The van der Waals surface area contributed by atoms with Crippen LogP contribution in [-0.2, 0) is 0 Å². The van der Waals surface area contributed by atoms with Crippen LogP contribution in [0, 0.1) is 17.1 Å². The van der Waals surface area contributed by atoms with Crippen LogP contribution in [0.25, 0.3) is 39.1 Å². The molecule has 3 aromatic heterocycles. The fourth-order valence-corrected chi connectivity index (χ4v) is 3.51. The summed E-state index contributed by atoms with van der Waals surface area (Å²) < 4.78 is 16.6. The zero-order valence-corrected chi connectivity index (χ0v) is 15.0. The number of nitrogens with two attached hydrogens (primary N) is 1. The van der Waals surface area contributed by atoms with E-state index in [2.05, 4.69) is 21.0 Å². The minimum absolute atomic E-state index is 0.249. The van der Waals surface area contributed by atoms with Gasteiger partial charge in [-0.05, 0) is 30.3 Å². The lowest BCUT2D eigenvalue weighted by Crippen LogP contribution is -2.04. The van der Waals surface area contributed by atoms with E-state index in [1.165, 1.54) is 6.07 Å². The van der Waals surface area contributed by atoms with Gasteiger partial charge in [-0.25, -0.2) is 14.4 Å². The summed E-state index contributed by atoms with van der Waals surface area (Å²) in [4.78, 5) is 12.9. The lowest BCUT2D eigenvalue weighted by atomic mass is 10.0. The number of nitriles is 1. The van der Waals surface area contributed by atoms with E-state index in [0.29, 0.717) is 44.6 Å². The van der Waals surface area contributed by atoms with Gasteiger partial charge in [-0.1, -0.05) is 18.2 Å². The van der Waals surface area contributed by atoms with Crippen LogP contribution >= 0.6 is 0 Å². The average molecular weight is 380 g/mol. The van der Waals surface area contributed by atoms with Crippen molar-refractivity contribution in [1.82, 2.24) is 19.4 Å². The van der Waals surface area contributed by atoms with Crippen LogP contribution in [0.1, 0.15) is 5.56 Å². The standard InChI is InChI=1S/C22H13FN6/c23-17-11-16(10-15-5-2-6-26-18(15)17)20-19(14-4-1-3-13(9-14)12-24)28-21(25)22-27-7-8-29(20)22/h1-11H,(H2,25,28). The lowest BCUT2D eigenvalue weighted by molar-refractivity contribution is 0.637. The summed E-state index contributed by atoms with van der Waals surface area (Å²) in [6, 6.07) is 16.0. The number of rotatable bonds is 2. The molecule has 0 bridgehead atoms. The van der Waals surface area contributed by atoms with Crippen molar-refractivity contribution in [2.24, 2.45) is 0 Å². The van der Waals surface area contributed by atoms with Crippen molar-refractivity contribution in [3.63, 3.8) is 0 Å². The quantitative estimate of drug-likeness (QED) is 0.495. The third-order valence-electron chi connectivity index (χ3n) is 4.76. The Labute approximate surface area is 164 Å². The fourth-order valence-electron chi connectivity index (χ4n) is 3.51. The van der Waals surface area contributed by atoms with Crippen molar-refractivity contribution in [2.75, 3.05) is 5.73 Å². The maximum absolute atomic E-state index is 14.8. The van der Waals surface area contributed by atoms with Gasteiger partial charge in [0.1, 0.15) is 11.3 Å². The van der Waals surface area contributed by atoms with Crippen molar-refractivity contribution in [1.29, 1.82) is 5.26 Å². The van der Waals surface area contributed by atoms with Gasteiger partial charge in [0, 0.05) is 35.1 Å². The molecule has 138 valence electrons. The molecule has 0 aliphatic rings. The predicted octanol–water partition coefficient (Wildman–Crippen LogP) is 4.20. The second-order valence-electron chi connectivity index (χ2n) is 6.54. The van der Waals surface area contributed by atoms with Gasteiger partial charge in [-0.15, -0.1) is 0 Å². The summed E-state index contributed by atoms with van der Waals surface area (Å²) in [5.41, 5.74) is 9.88. The molecule has 0 saturated heterocycles. The van der Waals surface area contributed by atoms with E-state index in [4.69, 9.17) is 5.73 Å². The first-order valence-corrected chi connectivity index (χ1v) is 8.83. The fraction of sp³-hybridized carbons (Fsp3) is 0. The van der Waals surface area contributed by atoms with Gasteiger partial charge in [0.25, 0.3) is 0 Å². The third-order valence-corrected chi connectivity index (χ3v) is 4.76. The summed E-state index contributed by atoms with van der Waals surface area (Å²) in [6.45, 7) is 0. The number of benzene rings is 2. The zero-order valence-electron chi connectivity index (χ0n) is 15.0. The molecule has 5 rings (SSSR count). The van der Waals surface area contributed by atoms with Crippen molar-refractivity contribution in [2.45, 2.75) is 0 Å². The molecule has 5 aromatic rings. The molecule has 0 unspecified atom stereocenters. The number of aromatic nitrogens is 4. The van der Waals surface area contributed by atoms with Gasteiger partial charge in [0.05, 0.1) is 23.0 Å². The molecule has 0 amide bonds. The molecular formula is C22H13FN6. The molecule has 0 aliphatic carbocycles. The third kappa shape index (κ3) is 2.66. The number of hydrogen-bond acceptors (Lipinski definition) is 5. The van der Waals surface area contributed by atoms with E-state index >= 15 is 0 Å². The molecule has 3 heterocycles. The van der Waals surface area contributed by atoms with Crippen molar-refractivity contribution < 1.29 is 4.39 Å². The summed E-state index contributed by atoms with van der Waals surface area (Å²) in [5, 5.41) is 9.95. The van der Waals surface area contributed by atoms with Gasteiger partial charge in [-0.2, -0.15) is 5.26 Å². The first-order chi connectivity index (χ1) is 14.2. The Morgan fingerprint density at radius 1 is 1.00 bits per heavy atom. The number of anilines is 1. The van der Waals surface area contributed by atoms with Crippen LogP contribution in [0.15, 0.2) is 67.1 Å². The molecule has 29 heavy (non-hydrogen) atoms. The Morgan fingerprint density at radius 2 is 1.90 bits per heavy atom. The Bertz CT molecular complexity index is 1450. The molecule has 2 aromatic carbocycles. The first-order valence-electron chi connectivity index (χ1n) is 8.83. The van der Waals surface area contributed by atoms with E-state index in [0.717, 1.165) is 0 Å². The molecule has 0 spiro atoms. The van der Waals surface area contributed by atoms with E-state index < -0.39 is 5.82 Å². The first kappa shape index (κ1) is 16.8. The highest BCUT2D eigenvalue weighted by molar-refractivity contribution is 5.89.